The Morgan fingerprint density at radius 1 is 1.17 bits per heavy atom. The van der Waals surface area contributed by atoms with Crippen molar-refractivity contribution in [3.05, 3.63) is 53.5 Å². The maximum Gasteiger partial charge on any atom is 0.162 e. The number of fused-ring (bicyclic) bond motifs is 1. The lowest BCUT2D eigenvalue weighted by atomic mass is 10.1. The van der Waals surface area contributed by atoms with Crippen LogP contribution in [-0.2, 0) is 17.9 Å². The van der Waals surface area contributed by atoms with Gasteiger partial charge in [-0.15, -0.1) is 0 Å². The fourth-order valence-electron chi connectivity index (χ4n) is 2.39. The first-order valence-corrected chi connectivity index (χ1v) is 8.08. The highest BCUT2D eigenvalue weighted by Crippen LogP contribution is 2.23. The average Bonchev–Trinajstić information content (AvgIpc) is 2.98. The van der Waals surface area contributed by atoms with E-state index >= 15 is 0 Å². The van der Waals surface area contributed by atoms with Gasteiger partial charge in [-0.05, 0) is 45.4 Å². The molecule has 3 aromatic rings. The molecule has 1 aromatic carbocycles. The van der Waals surface area contributed by atoms with E-state index in [-0.39, 0.29) is 5.60 Å². The number of nitrogens with one attached hydrogen (secondary N) is 1. The van der Waals surface area contributed by atoms with Crippen molar-refractivity contribution in [1.29, 1.82) is 0 Å². The number of nitrogens with zero attached hydrogens (tertiary/aromatic N) is 2. The van der Waals surface area contributed by atoms with Crippen LogP contribution in [0.5, 0.6) is 0 Å². The molecule has 2 heterocycles. The molecule has 0 aliphatic heterocycles. The maximum atomic E-state index is 5.70. The van der Waals surface area contributed by atoms with E-state index < -0.39 is 0 Å². The fraction of sp³-hybridized carbons (Fsp3) is 0.368. The Morgan fingerprint density at radius 2 is 2.00 bits per heavy atom. The summed E-state index contributed by atoms with van der Waals surface area (Å²) in [6.45, 7) is 9.13. The number of hydrogen-bond donors (Lipinski definition) is 1. The number of benzene rings is 1. The van der Waals surface area contributed by atoms with Crippen LogP contribution >= 0.6 is 0 Å². The quantitative estimate of drug-likeness (QED) is 0.750. The van der Waals surface area contributed by atoms with E-state index in [9.17, 15) is 0 Å². The molecule has 24 heavy (non-hydrogen) atoms. The summed E-state index contributed by atoms with van der Waals surface area (Å²) in [6, 6.07) is 10.2. The van der Waals surface area contributed by atoms with E-state index in [1.165, 1.54) is 5.56 Å². The predicted molar refractivity (Wildman–Crippen MR) is 94.9 cm³/mol. The van der Waals surface area contributed by atoms with Gasteiger partial charge in [0.05, 0.1) is 17.7 Å². The molecular weight excluding hydrogens is 302 g/mol. The summed E-state index contributed by atoms with van der Waals surface area (Å²) in [5.74, 6) is 0.733. The highest BCUT2D eigenvalue weighted by Gasteiger charge is 2.13. The Balaban J connectivity index is 1.67. The first-order valence-electron chi connectivity index (χ1n) is 8.08. The summed E-state index contributed by atoms with van der Waals surface area (Å²) in [7, 11) is 0. The number of anilines is 1. The smallest absolute Gasteiger partial charge is 0.162 e. The average molecular weight is 325 g/mol. The largest absolute Gasteiger partial charge is 0.379 e. The van der Waals surface area contributed by atoms with Crippen molar-refractivity contribution in [3.8, 4) is 0 Å². The van der Waals surface area contributed by atoms with Gasteiger partial charge in [0.1, 0.15) is 12.3 Å². The molecule has 0 saturated carbocycles. The first-order chi connectivity index (χ1) is 11.4. The minimum Gasteiger partial charge on any atom is -0.379 e. The van der Waals surface area contributed by atoms with Gasteiger partial charge in [0.25, 0.3) is 0 Å². The van der Waals surface area contributed by atoms with E-state index in [1.54, 1.807) is 0 Å². The molecule has 0 fully saturated rings. The van der Waals surface area contributed by atoms with Crippen LogP contribution in [0.1, 0.15) is 37.8 Å². The molecule has 0 bridgehead atoms. The lowest BCUT2D eigenvalue weighted by molar-refractivity contribution is -0.0241. The van der Waals surface area contributed by atoms with Gasteiger partial charge in [0, 0.05) is 23.3 Å². The van der Waals surface area contributed by atoms with Gasteiger partial charge in [-0.3, -0.25) is 4.98 Å². The highest BCUT2D eigenvalue weighted by molar-refractivity contribution is 5.91. The number of ether oxygens (including phenoxy) is 1. The van der Waals surface area contributed by atoms with Crippen molar-refractivity contribution in [2.75, 3.05) is 5.32 Å². The van der Waals surface area contributed by atoms with E-state index in [2.05, 4.69) is 40.6 Å². The van der Waals surface area contributed by atoms with Gasteiger partial charge in [-0.1, -0.05) is 17.3 Å². The van der Waals surface area contributed by atoms with E-state index in [4.69, 9.17) is 9.26 Å². The molecular formula is C19H23N3O2. The van der Waals surface area contributed by atoms with Gasteiger partial charge in [0.15, 0.2) is 5.76 Å². The van der Waals surface area contributed by atoms with E-state index in [0.29, 0.717) is 13.2 Å². The minimum atomic E-state index is -0.195. The summed E-state index contributed by atoms with van der Waals surface area (Å²) in [5.41, 5.74) is 3.88. The molecule has 2 aromatic heterocycles. The molecule has 0 amide bonds. The second-order valence-corrected chi connectivity index (χ2v) is 6.92. The second kappa shape index (κ2) is 6.61. The first kappa shape index (κ1) is 16.5. The van der Waals surface area contributed by atoms with Crippen LogP contribution in [0.3, 0.4) is 0 Å². The molecule has 0 spiro atoms. The number of hydrogen-bond acceptors (Lipinski definition) is 5. The number of aryl methyl sites for hydroxylation is 1. The van der Waals surface area contributed by atoms with Crippen molar-refractivity contribution in [2.24, 2.45) is 0 Å². The third-order valence-corrected chi connectivity index (χ3v) is 3.61. The van der Waals surface area contributed by atoms with Gasteiger partial charge in [-0.2, -0.15) is 0 Å². The van der Waals surface area contributed by atoms with E-state index in [1.807, 2.05) is 39.1 Å². The topological polar surface area (TPSA) is 60.2 Å². The van der Waals surface area contributed by atoms with Crippen molar-refractivity contribution >= 4 is 16.6 Å². The molecule has 0 atom stereocenters. The Hall–Kier alpha value is -2.40. The standard InChI is InChI=1S/C19H23N3O2/c1-13-5-6-16-17(7-8-20-18(16)9-13)21-11-14-10-15(24-22-14)12-23-19(2,3)4/h5-10H,11-12H2,1-4H3,(H,20,21). The normalized spacial score (nSPS) is 11.8. The molecule has 0 aliphatic rings. The van der Waals surface area contributed by atoms with Gasteiger partial charge in [0.2, 0.25) is 0 Å². The van der Waals surface area contributed by atoms with Crippen molar-refractivity contribution in [2.45, 2.75) is 46.4 Å². The van der Waals surface area contributed by atoms with Crippen LogP contribution in [0.15, 0.2) is 41.1 Å². The third-order valence-electron chi connectivity index (χ3n) is 3.61. The molecule has 126 valence electrons. The SMILES string of the molecule is Cc1ccc2c(NCc3cc(COC(C)(C)C)on3)ccnc2c1. The molecule has 3 rings (SSSR count). The van der Waals surface area contributed by atoms with Crippen molar-refractivity contribution in [3.63, 3.8) is 0 Å². The molecule has 1 N–H and O–H groups in total. The molecule has 0 radical (unpaired) electrons. The summed E-state index contributed by atoms with van der Waals surface area (Å²) in [4.78, 5) is 4.42. The highest BCUT2D eigenvalue weighted by atomic mass is 16.5. The molecule has 0 aliphatic carbocycles. The predicted octanol–water partition coefficient (Wildman–Crippen LogP) is 4.46. The van der Waals surface area contributed by atoms with Gasteiger partial charge >= 0.3 is 0 Å². The van der Waals surface area contributed by atoms with Crippen LogP contribution in [-0.4, -0.2) is 15.7 Å². The summed E-state index contributed by atoms with van der Waals surface area (Å²) in [5, 5.41) is 8.60. The Bertz CT molecular complexity index is 834. The minimum absolute atomic E-state index is 0.195. The molecule has 5 heteroatoms. The number of pyridine rings is 1. The maximum absolute atomic E-state index is 5.70. The van der Waals surface area contributed by atoms with Crippen LogP contribution in [0.2, 0.25) is 0 Å². The zero-order valence-corrected chi connectivity index (χ0v) is 14.6. The zero-order valence-electron chi connectivity index (χ0n) is 14.6. The van der Waals surface area contributed by atoms with E-state index in [0.717, 1.165) is 28.0 Å². The van der Waals surface area contributed by atoms with Gasteiger partial charge in [-0.25, -0.2) is 0 Å². The fourth-order valence-corrected chi connectivity index (χ4v) is 2.39. The number of rotatable bonds is 5. The summed E-state index contributed by atoms with van der Waals surface area (Å²) in [6.07, 6.45) is 1.81. The van der Waals surface area contributed by atoms with Crippen molar-refractivity contribution < 1.29 is 9.26 Å². The Morgan fingerprint density at radius 3 is 2.79 bits per heavy atom. The van der Waals surface area contributed by atoms with Gasteiger partial charge < -0.3 is 14.6 Å². The molecule has 0 saturated heterocycles. The zero-order chi connectivity index (χ0) is 17.2. The molecule has 5 nitrogen and oxygen atoms in total. The van der Waals surface area contributed by atoms with Crippen LogP contribution < -0.4 is 5.32 Å². The van der Waals surface area contributed by atoms with Crippen molar-refractivity contribution in [1.82, 2.24) is 10.1 Å². The van der Waals surface area contributed by atoms with Crippen LogP contribution in [0.25, 0.3) is 10.9 Å². The monoisotopic (exact) mass is 325 g/mol. The lowest BCUT2D eigenvalue weighted by Crippen LogP contribution is -2.18. The Kier molecular flexibility index (Phi) is 4.53. The lowest BCUT2D eigenvalue weighted by Gasteiger charge is -2.17. The molecule has 0 unspecified atom stereocenters. The number of aromatic nitrogens is 2. The Labute approximate surface area is 142 Å². The van der Waals surface area contributed by atoms with Crippen LogP contribution in [0.4, 0.5) is 5.69 Å². The summed E-state index contributed by atoms with van der Waals surface area (Å²) >= 11 is 0. The summed E-state index contributed by atoms with van der Waals surface area (Å²) < 4.78 is 11.0. The van der Waals surface area contributed by atoms with Crippen LogP contribution in [0, 0.1) is 6.92 Å². The third kappa shape index (κ3) is 4.11. The second-order valence-electron chi connectivity index (χ2n) is 6.92.